The number of benzene rings is 8. The van der Waals surface area contributed by atoms with Crippen molar-refractivity contribution in [3.8, 4) is 67.3 Å². The summed E-state index contributed by atoms with van der Waals surface area (Å²) in [5.41, 5.74) is 15.0. The van der Waals surface area contributed by atoms with Crippen molar-refractivity contribution < 1.29 is 0 Å². The molecule has 0 radical (unpaired) electrons. The maximum absolute atomic E-state index is 5.33. The quantitative estimate of drug-likeness (QED) is 0.181. The molecule has 53 heavy (non-hydrogen) atoms. The molecule has 9 aromatic rings. The Labute approximate surface area is 310 Å². The van der Waals surface area contributed by atoms with Crippen LogP contribution in [0.1, 0.15) is 25.0 Å². The van der Waals surface area contributed by atoms with Crippen molar-refractivity contribution in [1.82, 2.24) is 9.97 Å². The summed E-state index contributed by atoms with van der Waals surface area (Å²) in [6.07, 6.45) is 0. The van der Waals surface area contributed by atoms with E-state index in [9.17, 15) is 0 Å². The molecule has 1 heterocycles. The Bertz CT molecular complexity index is 2850. The fourth-order valence-electron chi connectivity index (χ4n) is 8.47. The van der Waals surface area contributed by atoms with Crippen LogP contribution in [0, 0.1) is 0 Å². The summed E-state index contributed by atoms with van der Waals surface area (Å²) in [6, 6.07) is 65.3. The summed E-state index contributed by atoms with van der Waals surface area (Å²) in [4.78, 5) is 10.6. The van der Waals surface area contributed by atoms with Crippen LogP contribution in [0.25, 0.3) is 88.8 Å². The van der Waals surface area contributed by atoms with E-state index in [1.165, 1.54) is 55.1 Å². The Morgan fingerprint density at radius 3 is 1.64 bits per heavy atom. The van der Waals surface area contributed by atoms with Gasteiger partial charge in [-0.3, -0.25) is 0 Å². The maximum atomic E-state index is 5.33. The third-order valence-corrected chi connectivity index (χ3v) is 11.1. The molecular weight excluding hydrogens is 641 g/mol. The van der Waals surface area contributed by atoms with Gasteiger partial charge in [-0.05, 0) is 84.3 Å². The second-order valence-electron chi connectivity index (χ2n) is 14.5. The van der Waals surface area contributed by atoms with Crippen molar-refractivity contribution >= 4 is 21.5 Å². The molecule has 0 spiro atoms. The van der Waals surface area contributed by atoms with Gasteiger partial charge in [0, 0.05) is 22.1 Å². The number of nitrogens with zero attached hydrogens (tertiary/aromatic N) is 2. The van der Waals surface area contributed by atoms with E-state index >= 15 is 0 Å². The van der Waals surface area contributed by atoms with Crippen LogP contribution in [0.4, 0.5) is 0 Å². The standard InChI is InChI=1S/C51H36N2/c1-51(2)45-27-15-26-43(49(45)44-30-35-20-9-10-21-36(35)31-46(44)51)40-24-13-14-25-41(40)47-32-48(53-50(52-47)34-18-7-4-8-19-34)42-29-28-37(33-16-5-3-6-17-33)38-22-11-12-23-39(38)42/h3-32H,1-2H3. The Hall–Kier alpha value is -6.64. The van der Waals surface area contributed by atoms with Crippen molar-refractivity contribution in [2.45, 2.75) is 19.3 Å². The predicted octanol–water partition coefficient (Wildman–Crippen LogP) is 13.4. The van der Waals surface area contributed by atoms with Crippen LogP contribution in [0.15, 0.2) is 182 Å². The predicted molar refractivity (Wildman–Crippen MR) is 222 cm³/mol. The smallest absolute Gasteiger partial charge is 0.160 e. The Kier molecular flexibility index (Phi) is 7.19. The van der Waals surface area contributed by atoms with Gasteiger partial charge in [0.2, 0.25) is 0 Å². The Balaban J connectivity index is 1.20. The first-order valence-electron chi connectivity index (χ1n) is 18.3. The van der Waals surface area contributed by atoms with Gasteiger partial charge in [0.15, 0.2) is 5.82 Å². The number of hydrogen-bond acceptors (Lipinski definition) is 2. The minimum absolute atomic E-state index is 0.130. The summed E-state index contributed by atoms with van der Waals surface area (Å²) in [5, 5.41) is 4.90. The van der Waals surface area contributed by atoms with Crippen molar-refractivity contribution in [1.29, 1.82) is 0 Å². The summed E-state index contributed by atoms with van der Waals surface area (Å²) in [7, 11) is 0. The van der Waals surface area contributed by atoms with Gasteiger partial charge in [-0.1, -0.05) is 178 Å². The van der Waals surface area contributed by atoms with Crippen molar-refractivity contribution in [3.05, 3.63) is 193 Å². The Morgan fingerprint density at radius 2 is 0.906 bits per heavy atom. The molecule has 0 fully saturated rings. The van der Waals surface area contributed by atoms with Crippen LogP contribution in [0.3, 0.4) is 0 Å². The highest BCUT2D eigenvalue weighted by Gasteiger charge is 2.37. The lowest BCUT2D eigenvalue weighted by Gasteiger charge is -2.22. The highest BCUT2D eigenvalue weighted by molar-refractivity contribution is 6.05. The average molecular weight is 677 g/mol. The molecule has 0 unspecified atom stereocenters. The van der Waals surface area contributed by atoms with Gasteiger partial charge in [0.25, 0.3) is 0 Å². The van der Waals surface area contributed by atoms with Crippen LogP contribution in [0.5, 0.6) is 0 Å². The molecular formula is C51H36N2. The molecule has 0 aliphatic heterocycles. The first-order chi connectivity index (χ1) is 26.0. The van der Waals surface area contributed by atoms with Gasteiger partial charge in [0.1, 0.15) is 0 Å². The first-order valence-corrected chi connectivity index (χ1v) is 18.3. The minimum atomic E-state index is -0.130. The molecule has 2 nitrogen and oxygen atoms in total. The number of aromatic nitrogens is 2. The van der Waals surface area contributed by atoms with Gasteiger partial charge < -0.3 is 0 Å². The van der Waals surface area contributed by atoms with E-state index in [0.29, 0.717) is 5.82 Å². The van der Waals surface area contributed by atoms with Gasteiger partial charge in [-0.2, -0.15) is 0 Å². The third-order valence-electron chi connectivity index (χ3n) is 11.1. The highest BCUT2D eigenvalue weighted by Crippen LogP contribution is 2.54. The molecule has 0 saturated heterocycles. The molecule has 8 aromatic carbocycles. The minimum Gasteiger partial charge on any atom is -0.228 e. The average Bonchev–Trinajstić information content (AvgIpc) is 3.45. The molecule has 0 N–H and O–H groups in total. The molecule has 0 saturated carbocycles. The molecule has 10 rings (SSSR count). The molecule has 1 aromatic heterocycles. The van der Waals surface area contributed by atoms with Crippen LogP contribution in [0.2, 0.25) is 0 Å². The molecule has 0 bridgehead atoms. The maximum Gasteiger partial charge on any atom is 0.160 e. The van der Waals surface area contributed by atoms with Crippen LogP contribution < -0.4 is 0 Å². The van der Waals surface area contributed by atoms with E-state index in [-0.39, 0.29) is 5.41 Å². The molecule has 0 amide bonds. The normalized spacial score (nSPS) is 12.9. The lowest BCUT2D eigenvalue weighted by molar-refractivity contribution is 0.661. The summed E-state index contributed by atoms with van der Waals surface area (Å²) in [5.74, 6) is 0.709. The SMILES string of the molecule is CC1(C)c2cc3ccccc3cc2-c2c(-c3ccccc3-c3cc(-c4ccc(-c5ccccc5)c5ccccc45)nc(-c4ccccc4)n3)cccc21. The molecule has 1 aliphatic rings. The van der Waals surface area contributed by atoms with Crippen LogP contribution in [-0.4, -0.2) is 9.97 Å². The molecule has 2 heteroatoms. The van der Waals surface area contributed by atoms with Gasteiger partial charge in [-0.25, -0.2) is 9.97 Å². The lowest BCUT2D eigenvalue weighted by Crippen LogP contribution is -2.14. The van der Waals surface area contributed by atoms with Crippen LogP contribution >= 0.6 is 0 Å². The molecule has 0 atom stereocenters. The summed E-state index contributed by atoms with van der Waals surface area (Å²) in [6.45, 7) is 4.72. The van der Waals surface area contributed by atoms with E-state index < -0.39 is 0 Å². The van der Waals surface area contributed by atoms with Gasteiger partial charge in [-0.15, -0.1) is 0 Å². The number of rotatable bonds is 5. The molecule has 1 aliphatic carbocycles. The number of fused-ring (bicyclic) bond motifs is 5. The third kappa shape index (κ3) is 5.10. The topological polar surface area (TPSA) is 25.8 Å². The zero-order chi connectivity index (χ0) is 35.5. The van der Waals surface area contributed by atoms with E-state index in [4.69, 9.17) is 9.97 Å². The summed E-state index contributed by atoms with van der Waals surface area (Å²) >= 11 is 0. The zero-order valence-corrected chi connectivity index (χ0v) is 29.7. The second kappa shape index (κ2) is 12.3. The fraction of sp³-hybridized carbons (Fsp3) is 0.0588. The van der Waals surface area contributed by atoms with E-state index in [0.717, 1.165) is 39.0 Å². The largest absolute Gasteiger partial charge is 0.228 e. The monoisotopic (exact) mass is 676 g/mol. The van der Waals surface area contributed by atoms with Crippen molar-refractivity contribution in [2.24, 2.45) is 0 Å². The fourth-order valence-corrected chi connectivity index (χ4v) is 8.47. The van der Waals surface area contributed by atoms with E-state index in [2.05, 4.69) is 190 Å². The molecule has 250 valence electrons. The van der Waals surface area contributed by atoms with Gasteiger partial charge >= 0.3 is 0 Å². The summed E-state index contributed by atoms with van der Waals surface area (Å²) < 4.78 is 0. The van der Waals surface area contributed by atoms with Gasteiger partial charge in [0.05, 0.1) is 11.4 Å². The Morgan fingerprint density at radius 1 is 0.358 bits per heavy atom. The first kappa shape index (κ1) is 31.1. The number of hydrogen-bond donors (Lipinski definition) is 0. The lowest BCUT2D eigenvalue weighted by atomic mass is 9.81. The van der Waals surface area contributed by atoms with E-state index in [1.807, 2.05) is 6.07 Å². The second-order valence-corrected chi connectivity index (χ2v) is 14.5. The van der Waals surface area contributed by atoms with Crippen molar-refractivity contribution in [2.75, 3.05) is 0 Å². The van der Waals surface area contributed by atoms with Crippen LogP contribution in [-0.2, 0) is 5.41 Å². The van der Waals surface area contributed by atoms with Crippen molar-refractivity contribution in [3.63, 3.8) is 0 Å². The zero-order valence-electron chi connectivity index (χ0n) is 29.7. The van der Waals surface area contributed by atoms with E-state index in [1.54, 1.807) is 0 Å². The highest BCUT2D eigenvalue weighted by atomic mass is 14.9.